The van der Waals surface area contributed by atoms with Gasteiger partial charge in [0.15, 0.2) is 5.82 Å². The van der Waals surface area contributed by atoms with E-state index in [2.05, 4.69) is 17.3 Å². The van der Waals surface area contributed by atoms with Crippen molar-refractivity contribution in [1.29, 1.82) is 0 Å². The summed E-state index contributed by atoms with van der Waals surface area (Å²) >= 11 is 0. The van der Waals surface area contributed by atoms with Gasteiger partial charge in [-0.2, -0.15) is 5.10 Å². The fraction of sp³-hybridized carbons (Fsp3) is 0.353. The summed E-state index contributed by atoms with van der Waals surface area (Å²) in [5.74, 6) is 0.233. The maximum Gasteiger partial charge on any atom is 0.226 e. The van der Waals surface area contributed by atoms with Crippen LogP contribution >= 0.6 is 0 Å². The highest BCUT2D eigenvalue weighted by Crippen LogP contribution is 2.23. The average Bonchev–Trinajstić information content (AvgIpc) is 2.99. The lowest BCUT2D eigenvalue weighted by Gasteiger charge is -2.14. The number of benzene rings is 1. The van der Waals surface area contributed by atoms with Gasteiger partial charge in [0.05, 0.1) is 0 Å². The van der Waals surface area contributed by atoms with Gasteiger partial charge in [-0.05, 0) is 17.9 Å². The van der Waals surface area contributed by atoms with E-state index in [4.69, 9.17) is 5.73 Å². The van der Waals surface area contributed by atoms with Crippen molar-refractivity contribution in [3.8, 4) is 0 Å². The fourth-order valence-corrected chi connectivity index (χ4v) is 2.42. The number of nitrogens with one attached hydrogen (secondary N) is 1. The summed E-state index contributed by atoms with van der Waals surface area (Å²) in [5, 5.41) is 7.00. The van der Waals surface area contributed by atoms with E-state index in [0.29, 0.717) is 18.8 Å². The minimum Gasteiger partial charge on any atom is -0.370 e. The molecule has 0 saturated carbocycles. The highest BCUT2D eigenvalue weighted by Gasteiger charge is 2.15. The number of nitrogens with zero attached hydrogens (tertiary/aromatic N) is 2. The lowest BCUT2D eigenvalue weighted by atomic mass is 9.93. The van der Waals surface area contributed by atoms with Gasteiger partial charge in [0.25, 0.3) is 0 Å². The first kappa shape index (κ1) is 16.7. The molecule has 1 aromatic heterocycles. The Labute approximate surface area is 135 Å². The molecule has 0 spiro atoms. The van der Waals surface area contributed by atoms with Crippen LogP contribution in [0, 0.1) is 0 Å². The third kappa shape index (κ3) is 5.25. The lowest BCUT2D eigenvalue weighted by Crippen LogP contribution is -2.17. The SMILES string of the molecule is CCC(CC(=O)Nc1ccn(CCC(N)=O)n1)c1ccccc1. The number of carbonyl (C=O) groups excluding carboxylic acids is 2. The van der Waals surface area contributed by atoms with E-state index in [-0.39, 0.29) is 24.2 Å². The molecule has 1 heterocycles. The predicted molar refractivity (Wildman–Crippen MR) is 88.8 cm³/mol. The second-order valence-electron chi connectivity index (χ2n) is 5.45. The summed E-state index contributed by atoms with van der Waals surface area (Å²) in [6.45, 7) is 2.48. The number of aromatic nitrogens is 2. The Kier molecular flexibility index (Phi) is 5.91. The third-order valence-electron chi connectivity index (χ3n) is 3.69. The van der Waals surface area contributed by atoms with Crippen LogP contribution in [0.3, 0.4) is 0 Å². The van der Waals surface area contributed by atoms with Gasteiger partial charge >= 0.3 is 0 Å². The molecule has 2 amide bonds. The fourth-order valence-electron chi connectivity index (χ4n) is 2.42. The normalized spacial score (nSPS) is 11.9. The van der Waals surface area contributed by atoms with Crippen LogP contribution < -0.4 is 11.1 Å². The monoisotopic (exact) mass is 314 g/mol. The molecule has 3 N–H and O–H groups in total. The van der Waals surface area contributed by atoms with Crippen LogP contribution in [0.15, 0.2) is 42.6 Å². The summed E-state index contributed by atoms with van der Waals surface area (Å²) in [6.07, 6.45) is 3.24. The van der Waals surface area contributed by atoms with Gasteiger partial charge in [0, 0.05) is 31.6 Å². The highest BCUT2D eigenvalue weighted by atomic mass is 16.2. The first-order chi connectivity index (χ1) is 11.1. The van der Waals surface area contributed by atoms with Crippen molar-refractivity contribution in [3.05, 3.63) is 48.2 Å². The number of amides is 2. The Morgan fingerprint density at radius 2 is 2.00 bits per heavy atom. The molecule has 6 nitrogen and oxygen atoms in total. The van der Waals surface area contributed by atoms with Gasteiger partial charge < -0.3 is 11.1 Å². The van der Waals surface area contributed by atoms with Crippen molar-refractivity contribution >= 4 is 17.6 Å². The molecule has 1 unspecified atom stereocenters. The van der Waals surface area contributed by atoms with Crippen LogP contribution in [0.4, 0.5) is 5.82 Å². The number of hydrogen-bond acceptors (Lipinski definition) is 3. The van der Waals surface area contributed by atoms with Crippen molar-refractivity contribution in [2.75, 3.05) is 5.32 Å². The summed E-state index contributed by atoms with van der Waals surface area (Å²) in [6, 6.07) is 11.7. The van der Waals surface area contributed by atoms with Crippen molar-refractivity contribution in [1.82, 2.24) is 9.78 Å². The van der Waals surface area contributed by atoms with E-state index < -0.39 is 0 Å². The topological polar surface area (TPSA) is 90.0 Å². The molecular formula is C17H22N4O2. The molecule has 23 heavy (non-hydrogen) atoms. The molecule has 0 aliphatic rings. The number of nitrogens with two attached hydrogens (primary N) is 1. The Morgan fingerprint density at radius 1 is 1.26 bits per heavy atom. The van der Waals surface area contributed by atoms with Crippen molar-refractivity contribution in [3.63, 3.8) is 0 Å². The second-order valence-corrected chi connectivity index (χ2v) is 5.45. The van der Waals surface area contributed by atoms with E-state index >= 15 is 0 Å². The quantitative estimate of drug-likeness (QED) is 0.783. The zero-order chi connectivity index (χ0) is 16.7. The van der Waals surface area contributed by atoms with E-state index in [1.807, 2.05) is 30.3 Å². The number of rotatable bonds is 8. The highest BCUT2D eigenvalue weighted by molar-refractivity contribution is 5.90. The number of carbonyl (C=O) groups is 2. The molecule has 0 aliphatic carbocycles. The van der Waals surface area contributed by atoms with Crippen LogP contribution in [0.2, 0.25) is 0 Å². The van der Waals surface area contributed by atoms with E-state index in [9.17, 15) is 9.59 Å². The first-order valence-electron chi connectivity index (χ1n) is 7.75. The van der Waals surface area contributed by atoms with Gasteiger partial charge in [-0.15, -0.1) is 0 Å². The lowest BCUT2D eigenvalue weighted by molar-refractivity contribution is -0.118. The minimum absolute atomic E-state index is 0.0687. The van der Waals surface area contributed by atoms with E-state index in [1.54, 1.807) is 16.9 Å². The first-order valence-corrected chi connectivity index (χ1v) is 7.75. The van der Waals surface area contributed by atoms with Gasteiger partial charge in [-0.25, -0.2) is 0 Å². The summed E-state index contributed by atoms with van der Waals surface area (Å²) in [7, 11) is 0. The van der Waals surface area contributed by atoms with Crippen LogP contribution in [0.5, 0.6) is 0 Å². The molecule has 2 aromatic rings. The maximum atomic E-state index is 12.2. The summed E-state index contributed by atoms with van der Waals surface area (Å²) in [5.41, 5.74) is 6.27. The van der Waals surface area contributed by atoms with Gasteiger partial charge in [-0.1, -0.05) is 37.3 Å². The number of anilines is 1. The van der Waals surface area contributed by atoms with Crippen LogP contribution in [0.1, 0.15) is 37.7 Å². The Balaban J connectivity index is 1.90. The molecular weight excluding hydrogens is 292 g/mol. The third-order valence-corrected chi connectivity index (χ3v) is 3.69. The zero-order valence-electron chi connectivity index (χ0n) is 13.2. The number of primary amides is 1. The number of hydrogen-bond donors (Lipinski definition) is 2. The molecule has 6 heteroatoms. The van der Waals surface area contributed by atoms with Gasteiger partial charge in [0.2, 0.25) is 11.8 Å². The van der Waals surface area contributed by atoms with E-state index in [1.165, 1.54) is 0 Å². The molecule has 1 aromatic carbocycles. The molecule has 0 fully saturated rings. The summed E-state index contributed by atoms with van der Waals surface area (Å²) < 4.78 is 1.59. The van der Waals surface area contributed by atoms with Crippen molar-refractivity contribution in [2.45, 2.75) is 38.6 Å². The van der Waals surface area contributed by atoms with Crippen LogP contribution in [-0.4, -0.2) is 21.6 Å². The Hall–Kier alpha value is -2.63. The number of aryl methyl sites for hydroxylation is 1. The molecule has 0 aliphatic heterocycles. The minimum atomic E-state index is -0.375. The molecule has 2 rings (SSSR count). The van der Waals surface area contributed by atoms with Crippen LogP contribution in [-0.2, 0) is 16.1 Å². The van der Waals surface area contributed by atoms with Crippen LogP contribution in [0.25, 0.3) is 0 Å². The van der Waals surface area contributed by atoms with Gasteiger partial charge in [0.1, 0.15) is 0 Å². The molecule has 0 bridgehead atoms. The zero-order valence-corrected chi connectivity index (χ0v) is 13.2. The molecule has 0 radical (unpaired) electrons. The standard InChI is InChI=1S/C17H22N4O2/c1-2-13(14-6-4-3-5-7-14)12-17(23)19-16-9-11-21(20-16)10-8-15(18)22/h3-7,9,11,13H,2,8,10,12H2,1H3,(H2,18,22)(H,19,20,23). The molecule has 122 valence electrons. The van der Waals surface area contributed by atoms with Crippen molar-refractivity contribution < 1.29 is 9.59 Å². The molecule has 1 atom stereocenters. The largest absolute Gasteiger partial charge is 0.370 e. The Morgan fingerprint density at radius 3 is 2.65 bits per heavy atom. The smallest absolute Gasteiger partial charge is 0.226 e. The summed E-state index contributed by atoms with van der Waals surface area (Å²) in [4.78, 5) is 23.0. The second kappa shape index (κ2) is 8.12. The molecule has 0 saturated heterocycles. The van der Waals surface area contributed by atoms with Crippen molar-refractivity contribution in [2.24, 2.45) is 5.73 Å². The maximum absolute atomic E-state index is 12.2. The Bertz CT molecular complexity index is 652. The predicted octanol–water partition coefficient (Wildman–Crippen LogP) is 2.28. The van der Waals surface area contributed by atoms with E-state index in [0.717, 1.165) is 12.0 Å². The van der Waals surface area contributed by atoms with Gasteiger partial charge in [-0.3, -0.25) is 14.3 Å². The average molecular weight is 314 g/mol.